The summed E-state index contributed by atoms with van der Waals surface area (Å²) in [6.07, 6.45) is 11.5. The van der Waals surface area contributed by atoms with E-state index in [1.165, 1.54) is 51.4 Å². The standard InChI is InChI=1S/C16H27NO/c1-2-3-4-5-17-15(18)16-9-12-6-13(10-16)8-14(7-12)11-16/h12-14H,2-11H2,1H3,(H,17,18). The SMILES string of the molecule is CCCCCNC(=O)C12CC3CC(CC(C3)C1)C2. The molecule has 0 spiro atoms. The van der Waals surface area contributed by atoms with Gasteiger partial charge in [-0.1, -0.05) is 19.8 Å². The van der Waals surface area contributed by atoms with Crippen molar-refractivity contribution in [1.82, 2.24) is 5.32 Å². The maximum Gasteiger partial charge on any atom is 0.226 e. The minimum Gasteiger partial charge on any atom is -0.356 e. The second kappa shape index (κ2) is 4.86. The lowest BCUT2D eigenvalue weighted by molar-refractivity contribution is -0.146. The average molecular weight is 249 g/mol. The molecule has 4 aliphatic carbocycles. The van der Waals surface area contributed by atoms with Gasteiger partial charge in [-0.15, -0.1) is 0 Å². The maximum absolute atomic E-state index is 12.5. The fourth-order valence-electron chi connectivity index (χ4n) is 5.15. The Morgan fingerprint density at radius 2 is 1.61 bits per heavy atom. The monoisotopic (exact) mass is 249 g/mol. The van der Waals surface area contributed by atoms with Gasteiger partial charge in [-0.3, -0.25) is 4.79 Å². The highest BCUT2D eigenvalue weighted by atomic mass is 16.2. The van der Waals surface area contributed by atoms with Gasteiger partial charge in [0.1, 0.15) is 0 Å². The molecule has 102 valence electrons. The highest BCUT2D eigenvalue weighted by Crippen LogP contribution is 2.60. The summed E-state index contributed by atoms with van der Waals surface area (Å²) in [5.41, 5.74) is 0.0565. The van der Waals surface area contributed by atoms with Gasteiger partial charge < -0.3 is 5.32 Å². The van der Waals surface area contributed by atoms with Crippen LogP contribution in [-0.4, -0.2) is 12.5 Å². The average Bonchev–Trinajstić information content (AvgIpc) is 2.32. The summed E-state index contributed by atoms with van der Waals surface area (Å²) in [6.45, 7) is 3.11. The maximum atomic E-state index is 12.5. The number of carbonyl (C=O) groups is 1. The van der Waals surface area contributed by atoms with Crippen LogP contribution in [0.1, 0.15) is 64.7 Å². The molecule has 0 aromatic rings. The Balaban J connectivity index is 1.59. The fraction of sp³-hybridized carbons (Fsp3) is 0.938. The zero-order chi connectivity index (χ0) is 12.6. The number of unbranched alkanes of at least 4 members (excludes halogenated alkanes) is 2. The number of amides is 1. The van der Waals surface area contributed by atoms with Crippen molar-refractivity contribution in [2.75, 3.05) is 6.54 Å². The third-order valence-corrected chi connectivity index (χ3v) is 5.59. The Hall–Kier alpha value is -0.530. The summed E-state index contributed by atoms with van der Waals surface area (Å²) in [7, 11) is 0. The van der Waals surface area contributed by atoms with Crippen molar-refractivity contribution in [3.63, 3.8) is 0 Å². The number of hydrogen-bond acceptors (Lipinski definition) is 1. The number of rotatable bonds is 5. The summed E-state index contributed by atoms with van der Waals surface area (Å²) >= 11 is 0. The topological polar surface area (TPSA) is 29.1 Å². The predicted molar refractivity (Wildman–Crippen MR) is 73.1 cm³/mol. The molecule has 0 aromatic carbocycles. The van der Waals surface area contributed by atoms with Crippen LogP contribution in [0.3, 0.4) is 0 Å². The van der Waals surface area contributed by atoms with Crippen molar-refractivity contribution in [1.29, 1.82) is 0 Å². The molecule has 4 aliphatic rings. The van der Waals surface area contributed by atoms with E-state index in [2.05, 4.69) is 12.2 Å². The van der Waals surface area contributed by atoms with Crippen molar-refractivity contribution in [2.24, 2.45) is 23.2 Å². The van der Waals surface area contributed by atoms with E-state index in [0.29, 0.717) is 5.91 Å². The first-order valence-electron chi connectivity index (χ1n) is 8.00. The first-order chi connectivity index (χ1) is 8.72. The van der Waals surface area contributed by atoms with E-state index >= 15 is 0 Å². The minimum atomic E-state index is 0.0565. The van der Waals surface area contributed by atoms with Gasteiger partial charge in [0.15, 0.2) is 0 Å². The predicted octanol–water partition coefficient (Wildman–Crippen LogP) is 3.51. The third-order valence-electron chi connectivity index (χ3n) is 5.59. The van der Waals surface area contributed by atoms with E-state index in [0.717, 1.165) is 30.7 Å². The van der Waals surface area contributed by atoms with Gasteiger partial charge in [0, 0.05) is 12.0 Å². The van der Waals surface area contributed by atoms with Gasteiger partial charge >= 0.3 is 0 Å². The molecule has 4 rings (SSSR count). The zero-order valence-electron chi connectivity index (χ0n) is 11.7. The largest absolute Gasteiger partial charge is 0.356 e. The molecule has 18 heavy (non-hydrogen) atoms. The van der Waals surface area contributed by atoms with Crippen LogP contribution in [0.25, 0.3) is 0 Å². The second-order valence-corrected chi connectivity index (χ2v) is 7.16. The van der Waals surface area contributed by atoms with E-state index in [-0.39, 0.29) is 5.41 Å². The van der Waals surface area contributed by atoms with Crippen LogP contribution in [0.2, 0.25) is 0 Å². The third kappa shape index (κ3) is 2.19. The summed E-state index contributed by atoms with van der Waals surface area (Å²) in [6, 6.07) is 0. The van der Waals surface area contributed by atoms with Crippen molar-refractivity contribution in [2.45, 2.75) is 64.7 Å². The Bertz CT molecular complexity index is 288. The smallest absolute Gasteiger partial charge is 0.226 e. The van der Waals surface area contributed by atoms with Crippen LogP contribution in [0.4, 0.5) is 0 Å². The van der Waals surface area contributed by atoms with Gasteiger partial charge in [-0.2, -0.15) is 0 Å². The molecule has 0 heterocycles. The number of hydrogen-bond donors (Lipinski definition) is 1. The molecule has 4 saturated carbocycles. The van der Waals surface area contributed by atoms with Crippen molar-refractivity contribution >= 4 is 5.91 Å². The molecule has 0 radical (unpaired) electrons. The Labute approximate surface area is 111 Å². The van der Waals surface area contributed by atoms with E-state index in [1.807, 2.05) is 0 Å². The molecule has 2 nitrogen and oxygen atoms in total. The summed E-state index contributed by atoms with van der Waals surface area (Å²) < 4.78 is 0. The fourth-order valence-corrected chi connectivity index (χ4v) is 5.15. The summed E-state index contributed by atoms with van der Waals surface area (Å²) in [5, 5.41) is 3.24. The lowest BCUT2D eigenvalue weighted by Crippen LogP contribution is -2.53. The quantitative estimate of drug-likeness (QED) is 0.742. The van der Waals surface area contributed by atoms with Gasteiger partial charge in [-0.05, 0) is 62.7 Å². The van der Waals surface area contributed by atoms with E-state index < -0.39 is 0 Å². The Kier molecular flexibility index (Phi) is 3.38. The van der Waals surface area contributed by atoms with Crippen LogP contribution in [0.15, 0.2) is 0 Å². The number of nitrogens with one attached hydrogen (secondary N) is 1. The zero-order valence-corrected chi connectivity index (χ0v) is 11.7. The van der Waals surface area contributed by atoms with Crippen LogP contribution in [0.5, 0.6) is 0 Å². The molecule has 2 heteroatoms. The molecular weight excluding hydrogens is 222 g/mol. The molecule has 0 saturated heterocycles. The molecule has 0 atom stereocenters. The first kappa shape index (κ1) is 12.5. The molecule has 0 unspecified atom stereocenters. The highest BCUT2D eigenvalue weighted by molar-refractivity contribution is 5.83. The Morgan fingerprint density at radius 3 is 2.11 bits per heavy atom. The number of carbonyl (C=O) groups excluding carboxylic acids is 1. The lowest BCUT2D eigenvalue weighted by Gasteiger charge is -2.55. The van der Waals surface area contributed by atoms with Gasteiger partial charge in [0.25, 0.3) is 0 Å². The van der Waals surface area contributed by atoms with E-state index in [4.69, 9.17) is 0 Å². The normalized spacial score (nSPS) is 41.1. The summed E-state index contributed by atoms with van der Waals surface area (Å²) in [4.78, 5) is 12.5. The first-order valence-corrected chi connectivity index (χ1v) is 8.00. The van der Waals surface area contributed by atoms with Crippen molar-refractivity contribution in [3.8, 4) is 0 Å². The van der Waals surface area contributed by atoms with E-state index in [1.54, 1.807) is 0 Å². The van der Waals surface area contributed by atoms with Gasteiger partial charge in [0.2, 0.25) is 5.91 Å². The van der Waals surface area contributed by atoms with Crippen LogP contribution >= 0.6 is 0 Å². The summed E-state index contributed by atoms with van der Waals surface area (Å²) in [5.74, 6) is 3.02. The molecule has 0 aliphatic heterocycles. The highest BCUT2D eigenvalue weighted by Gasteiger charge is 2.54. The van der Waals surface area contributed by atoms with Crippen molar-refractivity contribution < 1.29 is 4.79 Å². The van der Waals surface area contributed by atoms with Gasteiger partial charge in [-0.25, -0.2) is 0 Å². The molecule has 4 fully saturated rings. The van der Waals surface area contributed by atoms with Gasteiger partial charge in [0.05, 0.1) is 0 Å². The lowest BCUT2D eigenvalue weighted by atomic mass is 9.49. The van der Waals surface area contributed by atoms with Crippen LogP contribution in [-0.2, 0) is 4.79 Å². The second-order valence-electron chi connectivity index (χ2n) is 7.16. The molecule has 1 amide bonds. The molecule has 4 bridgehead atoms. The van der Waals surface area contributed by atoms with Crippen molar-refractivity contribution in [3.05, 3.63) is 0 Å². The molecular formula is C16H27NO. The van der Waals surface area contributed by atoms with E-state index in [9.17, 15) is 4.79 Å². The molecule has 1 N–H and O–H groups in total. The Morgan fingerprint density at radius 1 is 1.06 bits per heavy atom. The minimum absolute atomic E-state index is 0.0565. The van der Waals surface area contributed by atoms with Crippen LogP contribution in [0, 0.1) is 23.2 Å². The van der Waals surface area contributed by atoms with Crippen LogP contribution < -0.4 is 5.32 Å². The molecule has 0 aromatic heterocycles.